The Balaban J connectivity index is 2.10. The maximum atomic E-state index is 8.91. The molecule has 1 aromatic carbocycles. The number of anilines is 2. The largest absolute Gasteiger partial charge is 0.396 e. The molecular weight excluding hydrogens is 214 g/mol. The van der Waals surface area contributed by atoms with Crippen LogP contribution in [0.2, 0.25) is 0 Å². The molecule has 4 heteroatoms. The van der Waals surface area contributed by atoms with E-state index >= 15 is 0 Å². The summed E-state index contributed by atoms with van der Waals surface area (Å²) in [5.41, 5.74) is 7.75. The third kappa shape index (κ3) is 2.51. The van der Waals surface area contributed by atoms with Crippen molar-refractivity contribution in [3.63, 3.8) is 0 Å². The molecule has 1 aliphatic heterocycles. The first-order valence-corrected chi connectivity index (χ1v) is 5.89. The summed E-state index contributed by atoms with van der Waals surface area (Å²) in [7, 11) is 0. The lowest BCUT2D eigenvalue weighted by Gasteiger charge is -2.22. The summed E-state index contributed by atoms with van der Waals surface area (Å²) in [6.07, 6.45) is 2.43. The molecule has 1 saturated heterocycles. The van der Waals surface area contributed by atoms with Gasteiger partial charge in [0.05, 0.1) is 23.0 Å². The summed E-state index contributed by atoms with van der Waals surface area (Å²) >= 11 is 0. The molecule has 2 rings (SSSR count). The first-order chi connectivity index (χ1) is 8.22. The van der Waals surface area contributed by atoms with E-state index < -0.39 is 0 Å². The summed E-state index contributed by atoms with van der Waals surface area (Å²) in [6.45, 7) is 2.92. The minimum Gasteiger partial charge on any atom is -0.396 e. The van der Waals surface area contributed by atoms with Gasteiger partial charge < -0.3 is 15.8 Å². The Labute approximate surface area is 101 Å². The zero-order valence-corrected chi connectivity index (χ0v) is 9.94. The van der Waals surface area contributed by atoms with Gasteiger partial charge in [0, 0.05) is 12.6 Å². The Morgan fingerprint density at radius 1 is 1.59 bits per heavy atom. The molecule has 0 amide bonds. The lowest BCUT2D eigenvalue weighted by Crippen LogP contribution is -2.30. The van der Waals surface area contributed by atoms with Crippen LogP contribution in [-0.2, 0) is 4.74 Å². The number of nitrogens with two attached hydrogens (primary N) is 1. The molecule has 0 bridgehead atoms. The van der Waals surface area contributed by atoms with Crippen molar-refractivity contribution in [3.8, 4) is 6.07 Å². The number of rotatable bonds is 3. The van der Waals surface area contributed by atoms with Crippen LogP contribution in [0.4, 0.5) is 11.4 Å². The van der Waals surface area contributed by atoms with E-state index in [0.29, 0.717) is 11.3 Å². The van der Waals surface area contributed by atoms with Crippen LogP contribution in [0.15, 0.2) is 18.2 Å². The van der Waals surface area contributed by atoms with E-state index in [2.05, 4.69) is 18.3 Å². The summed E-state index contributed by atoms with van der Waals surface area (Å²) in [5, 5.41) is 12.2. The van der Waals surface area contributed by atoms with Crippen molar-refractivity contribution in [2.75, 3.05) is 17.7 Å². The first kappa shape index (κ1) is 11.7. The first-order valence-electron chi connectivity index (χ1n) is 5.89. The van der Waals surface area contributed by atoms with Crippen molar-refractivity contribution < 1.29 is 4.74 Å². The fourth-order valence-corrected chi connectivity index (χ4v) is 2.12. The molecule has 0 aromatic heterocycles. The monoisotopic (exact) mass is 231 g/mol. The highest BCUT2D eigenvalue weighted by Crippen LogP contribution is 2.25. The Morgan fingerprint density at radius 3 is 3.06 bits per heavy atom. The number of nitrogens with zero attached hydrogens (tertiary/aromatic N) is 1. The molecule has 4 nitrogen and oxygen atoms in total. The number of para-hydroxylation sites is 1. The lowest BCUT2D eigenvalue weighted by molar-refractivity contribution is 0.0997. The smallest absolute Gasteiger partial charge is 0.101 e. The SMILES string of the molecule is CC(Nc1cccc(C#N)c1N)C1CCCO1. The normalized spacial score (nSPS) is 20.8. The zero-order chi connectivity index (χ0) is 12.3. The number of ether oxygens (including phenoxy) is 1. The van der Waals surface area contributed by atoms with Gasteiger partial charge in [0.25, 0.3) is 0 Å². The number of hydrogen-bond acceptors (Lipinski definition) is 4. The molecule has 0 saturated carbocycles. The number of nitrogens with one attached hydrogen (secondary N) is 1. The highest BCUT2D eigenvalue weighted by molar-refractivity contribution is 5.73. The van der Waals surface area contributed by atoms with E-state index in [1.54, 1.807) is 6.07 Å². The second-order valence-corrected chi connectivity index (χ2v) is 4.36. The van der Waals surface area contributed by atoms with E-state index in [0.717, 1.165) is 25.1 Å². The average molecular weight is 231 g/mol. The molecule has 90 valence electrons. The van der Waals surface area contributed by atoms with Crippen molar-refractivity contribution in [2.45, 2.75) is 31.9 Å². The average Bonchev–Trinajstić information content (AvgIpc) is 2.85. The van der Waals surface area contributed by atoms with Gasteiger partial charge in [-0.25, -0.2) is 0 Å². The molecule has 1 heterocycles. The van der Waals surface area contributed by atoms with Crippen molar-refractivity contribution in [1.82, 2.24) is 0 Å². The maximum absolute atomic E-state index is 8.91. The standard InChI is InChI=1S/C13H17N3O/c1-9(12-6-3-7-17-12)16-11-5-2-4-10(8-14)13(11)15/h2,4-5,9,12,16H,3,6-7,15H2,1H3. The van der Waals surface area contributed by atoms with E-state index in [-0.39, 0.29) is 12.1 Å². The summed E-state index contributed by atoms with van der Waals surface area (Å²) in [4.78, 5) is 0. The summed E-state index contributed by atoms with van der Waals surface area (Å²) < 4.78 is 5.62. The van der Waals surface area contributed by atoms with Gasteiger partial charge in [0.2, 0.25) is 0 Å². The lowest BCUT2D eigenvalue weighted by atomic mass is 10.1. The molecule has 1 aliphatic rings. The maximum Gasteiger partial charge on any atom is 0.101 e. The van der Waals surface area contributed by atoms with Gasteiger partial charge in [-0.1, -0.05) is 6.07 Å². The Kier molecular flexibility index (Phi) is 3.50. The van der Waals surface area contributed by atoms with Gasteiger partial charge >= 0.3 is 0 Å². The molecule has 17 heavy (non-hydrogen) atoms. The zero-order valence-electron chi connectivity index (χ0n) is 9.94. The Bertz CT molecular complexity index is 433. The van der Waals surface area contributed by atoms with Crippen LogP contribution in [0.5, 0.6) is 0 Å². The van der Waals surface area contributed by atoms with Crippen LogP contribution in [0.3, 0.4) is 0 Å². The van der Waals surface area contributed by atoms with Crippen LogP contribution in [-0.4, -0.2) is 18.8 Å². The molecule has 1 fully saturated rings. The Hall–Kier alpha value is -1.73. The third-order valence-corrected chi connectivity index (χ3v) is 3.13. The van der Waals surface area contributed by atoms with Crippen molar-refractivity contribution in [2.24, 2.45) is 0 Å². The number of benzene rings is 1. The fraction of sp³-hybridized carbons (Fsp3) is 0.462. The highest BCUT2D eigenvalue weighted by Gasteiger charge is 2.22. The minimum atomic E-state index is 0.203. The second kappa shape index (κ2) is 5.07. The highest BCUT2D eigenvalue weighted by atomic mass is 16.5. The van der Waals surface area contributed by atoms with Crippen LogP contribution in [0.1, 0.15) is 25.3 Å². The van der Waals surface area contributed by atoms with Crippen LogP contribution < -0.4 is 11.1 Å². The molecule has 1 aromatic rings. The van der Waals surface area contributed by atoms with Gasteiger partial charge in [-0.15, -0.1) is 0 Å². The molecule has 0 radical (unpaired) electrons. The predicted octanol–water partition coefficient (Wildman–Crippen LogP) is 2.12. The van der Waals surface area contributed by atoms with Gasteiger partial charge in [-0.3, -0.25) is 0 Å². The summed E-state index contributed by atoms with van der Waals surface area (Å²) in [5.74, 6) is 0. The van der Waals surface area contributed by atoms with E-state index in [1.807, 2.05) is 12.1 Å². The number of nitrogen functional groups attached to an aromatic ring is 1. The predicted molar refractivity (Wildman–Crippen MR) is 67.6 cm³/mol. The van der Waals surface area contributed by atoms with Crippen LogP contribution in [0.25, 0.3) is 0 Å². The van der Waals surface area contributed by atoms with Crippen LogP contribution in [0, 0.1) is 11.3 Å². The van der Waals surface area contributed by atoms with Crippen molar-refractivity contribution in [1.29, 1.82) is 5.26 Å². The van der Waals surface area contributed by atoms with Gasteiger partial charge in [0.15, 0.2) is 0 Å². The molecule has 2 atom stereocenters. The topological polar surface area (TPSA) is 71.1 Å². The molecule has 0 aliphatic carbocycles. The molecule has 0 spiro atoms. The molecule has 3 N–H and O–H groups in total. The summed E-state index contributed by atoms with van der Waals surface area (Å²) in [6, 6.07) is 7.73. The van der Waals surface area contributed by atoms with E-state index in [4.69, 9.17) is 15.7 Å². The van der Waals surface area contributed by atoms with E-state index in [9.17, 15) is 0 Å². The molecular formula is C13H17N3O. The Morgan fingerprint density at radius 2 is 2.41 bits per heavy atom. The fourth-order valence-electron chi connectivity index (χ4n) is 2.12. The van der Waals surface area contributed by atoms with Crippen LogP contribution >= 0.6 is 0 Å². The van der Waals surface area contributed by atoms with Crippen molar-refractivity contribution in [3.05, 3.63) is 23.8 Å². The number of hydrogen-bond donors (Lipinski definition) is 2. The minimum absolute atomic E-state index is 0.203. The number of nitriles is 1. The van der Waals surface area contributed by atoms with Gasteiger partial charge in [-0.2, -0.15) is 5.26 Å². The third-order valence-electron chi connectivity index (χ3n) is 3.13. The van der Waals surface area contributed by atoms with E-state index in [1.165, 1.54) is 0 Å². The quantitative estimate of drug-likeness (QED) is 0.782. The molecule has 2 unspecified atom stereocenters. The van der Waals surface area contributed by atoms with Gasteiger partial charge in [0.1, 0.15) is 6.07 Å². The second-order valence-electron chi connectivity index (χ2n) is 4.36. The van der Waals surface area contributed by atoms with Gasteiger partial charge in [-0.05, 0) is 31.9 Å². The van der Waals surface area contributed by atoms with Crippen molar-refractivity contribution >= 4 is 11.4 Å².